The average molecular weight is 1100 g/mol. The molecule has 0 saturated carbocycles. The number of likely N-dealkylation sites (N-methyl/N-ethyl adjacent to an activating group) is 4. The fourth-order valence-corrected chi connectivity index (χ4v) is 11.1. The Hall–Kier alpha value is -5.05. The number of hydrogen-bond acceptors (Lipinski definition) is 13. The molecule has 12 nitrogen and oxygen atoms in total. The normalized spacial score (nSPS) is 12.8. The smallest absolute Gasteiger partial charge is 0.310 e. The van der Waals surface area contributed by atoms with E-state index in [2.05, 4.69) is 49.8 Å². The van der Waals surface area contributed by atoms with Crippen LogP contribution in [-0.2, 0) is 64.6 Å². The van der Waals surface area contributed by atoms with Gasteiger partial charge in [0.25, 0.3) is 0 Å². The predicted molar refractivity (Wildman–Crippen MR) is 324 cm³/mol. The van der Waals surface area contributed by atoms with Gasteiger partial charge in [-0.25, -0.2) is 0 Å². The molecular formula is C61H89ClN5O7PS. The minimum absolute atomic E-state index is 0. The van der Waals surface area contributed by atoms with Crippen LogP contribution in [0.2, 0.25) is 5.02 Å². The van der Waals surface area contributed by atoms with E-state index in [1.807, 2.05) is 105 Å². The monoisotopic (exact) mass is 1100 g/mol. The van der Waals surface area contributed by atoms with Crippen molar-refractivity contribution in [3.05, 3.63) is 153 Å². The number of carbonyl (C=O) groups is 4. The fraction of sp³-hybridized carbons (Fsp3) is 0.426. The molecule has 418 valence electrons. The summed E-state index contributed by atoms with van der Waals surface area (Å²) in [6.45, 7) is 10.8. The summed E-state index contributed by atoms with van der Waals surface area (Å²) in [6, 6.07) is 33.5. The van der Waals surface area contributed by atoms with E-state index in [4.69, 9.17) is 20.6 Å². The topological polar surface area (TPSA) is 165 Å². The Morgan fingerprint density at radius 1 is 0.632 bits per heavy atom. The molecule has 0 spiro atoms. The highest BCUT2D eigenvalue weighted by Crippen LogP contribution is 2.51. The van der Waals surface area contributed by atoms with Crippen molar-refractivity contribution in [3.8, 4) is 0 Å². The maximum atomic E-state index is 12.5. The van der Waals surface area contributed by atoms with Crippen LogP contribution in [-0.4, -0.2) is 93.7 Å². The molecule has 0 aliphatic heterocycles. The number of pyridine rings is 1. The molecule has 4 N–H and O–H groups in total. The molecule has 7 rings (SSSR count). The van der Waals surface area contributed by atoms with E-state index in [1.165, 1.54) is 32.3 Å². The van der Waals surface area contributed by atoms with Gasteiger partial charge in [-0.15, -0.1) is 11.3 Å². The number of fused-ring (bicyclic) bond motifs is 3. The first kappa shape index (κ1) is 71.0. The lowest BCUT2D eigenvalue weighted by Crippen LogP contribution is -2.34. The molecule has 0 unspecified atom stereocenters. The Balaban J connectivity index is 0.000000976. The van der Waals surface area contributed by atoms with Crippen molar-refractivity contribution in [2.24, 2.45) is 0 Å². The first-order valence-electron chi connectivity index (χ1n) is 24.4. The molecule has 15 heteroatoms. The average Bonchev–Trinajstić information content (AvgIpc) is 3.97. The summed E-state index contributed by atoms with van der Waals surface area (Å²) in [7, 11) is 4.16. The number of Topliss-reactive ketones (excluding diaryl/α,β-unsaturated/α-hetero) is 4. The van der Waals surface area contributed by atoms with Gasteiger partial charge in [-0.1, -0.05) is 120 Å². The highest BCUT2D eigenvalue weighted by molar-refractivity contribution is 7.53. The number of hydrogen-bond donors (Lipinski definition) is 4. The first-order chi connectivity index (χ1) is 34.5. The van der Waals surface area contributed by atoms with Crippen molar-refractivity contribution in [3.63, 3.8) is 0 Å². The summed E-state index contributed by atoms with van der Waals surface area (Å²) in [6.07, 6.45) is 6.17. The van der Waals surface area contributed by atoms with Crippen molar-refractivity contribution in [2.45, 2.75) is 134 Å². The van der Waals surface area contributed by atoms with Crippen LogP contribution in [0.25, 0.3) is 26.6 Å². The quantitative estimate of drug-likeness (QED) is 0.0476. The number of ketones is 4. The van der Waals surface area contributed by atoms with Crippen molar-refractivity contribution in [1.29, 1.82) is 0 Å². The summed E-state index contributed by atoms with van der Waals surface area (Å²) < 4.78 is 24.4. The zero-order valence-electron chi connectivity index (χ0n) is 43.5. The SMILES string of the molecule is C.C.C.C.CCOP(=O)(Cc1ccc(C[C@H](NC)C(C)=O)cc1)OCC.CN[C@@H](CC1=CCc2cc(Cl)ccc21)C(C)=O.CN[C@@H](Cc1ccc2ccccc2n1)C(C)=O.CN[C@@H](Cc1csc2ccccc12)C(C)=O. The Kier molecular flexibility index (Phi) is 33.7. The van der Waals surface area contributed by atoms with Crippen LogP contribution in [0.5, 0.6) is 0 Å². The molecule has 4 atom stereocenters. The number of nitrogens with one attached hydrogen (secondary N) is 4. The second-order valence-electron chi connectivity index (χ2n) is 17.5. The predicted octanol–water partition coefficient (Wildman–Crippen LogP) is 13.1. The van der Waals surface area contributed by atoms with E-state index in [-0.39, 0.29) is 83.2 Å². The van der Waals surface area contributed by atoms with Crippen LogP contribution in [0, 0.1) is 0 Å². The Morgan fingerprint density at radius 3 is 1.71 bits per heavy atom. The van der Waals surface area contributed by atoms with Crippen LogP contribution in [0.3, 0.4) is 0 Å². The van der Waals surface area contributed by atoms with Gasteiger partial charge in [0.2, 0.25) is 0 Å². The Labute approximate surface area is 465 Å². The van der Waals surface area contributed by atoms with E-state index in [0.29, 0.717) is 26.1 Å². The largest absolute Gasteiger partial charge is 0.335 e. The van der Waals surface area contributed by atoms with Gasteiger partial charge in [-0.2, -0.15) is 0 Å². The van der Waals surface area contributed by atoms with Gasteiger partial charge in [0.1, 0.15) is 23.1 Å². The van der Waals surface area contributed by atoms with Crippen molar-refractivity contribution in [2.75, 3.05) is 41.4 Å². The number of benzene rings is 4. The maximum absolute atomic E-state index is 12.5. The summed E-state index contributed by atoms with van der Waals surface area (Å²) in [4.78, 5) is 50.1. The van der Waals surface area contributed by atoms with E-state index in [1.54, 1.807) is 67.0 Å². The van der Waals surface area contributed by atoms with E-state index < -0.39 is 7.60 Å². The molecule has 2 heterocycles. The standard InChI is InChI=1S/C16H26NO4P.C14H16ClNO.C14H16N2O.C13H15NOS.4CH4/c1-5-20-22(19,21-6-2)12-15-9-7-14(8-10-15)11-16(17-4)13(3)18;1-9(17)14(16-2)8-11-4-3-10-7-12(15)5-6-13(10)11;1-10(17)14(15-2)9-12-8-7-11-5-3-4-6-13(11)16-12;1-9(15)12(14-2)7-10-8-16-13-6-4-3-5-11(10)13;;;;/h7-10,16-17H,5-6,11-12H2,1-4H3;4-7,14,16H,3,8H2,1-2H3;3-8,14-15H,9H2,1-2H3;3-6,8,12,14H,7H2,1-2H3;4*1H4/t16-;2*14-;12-;;;;/m0000..../s1. The van der Waals surface area contributed by atoms with E-state index in [0.717, 1.165) is 52.0 Å². The summed E-state index contributed by atoms with van der Waals surface area (Å²) in [5, 5.41) is 17.4. The number of halogens is 1. The molecule has 76 heavy (non-hydrogen) atoms. The maximum Gasteiger partial charge on any atom is 0.335 e. The van der Waals surface area contributed by atoms with Crippen LogP contribution in [0.15, 0.2) is 115 Å². The second kappa shape index (κ2) is 36.1. The van der Waals surface area contributed by atoms with E-state index in [9.17, 15) is 23.7 Å². The Morgan fingerprint density at radius 2 is 1.14 bits per heavy atom. The number of carbonyl (C=O) groups excluding carboxylic acids is 4. The van der Waals surface area contributed by atoms with Crippen molar-refractivity contribution in [1.82, 2.24) is 26.3 Å². The Bertz CT molecular complexity index is 2790. The number of allylic oxidation sites excluding steroid dienone is 1. The third-order valence-corrected chi connectivity index (χ3v) is 15.6. The number of rotatable bonds is 22. The van der Waals surface area contributed by atoms with Crippen LogP contribution < -0.4 is 21.3 Å². The van der Waals surface area contributed by atoms with Gasteiger partial charge in [0, 0.05) is 27.2 Å². The highest BCUT2D eigenvalue weighted by Gasteiger charge is 2.24. The third kappa shape index (κ3) is 22.1. The molecule has 0 amide bonds. The minimum atomic E-state index is -3.07. The van der Waals surface area contributed by atoms with Gasteiger partial charge < -0.3 is 30.3 Å². The number of aromatic nitrogens is 1. The minimum Gasteiger partial charge on any atom is -0.310 e. The lowest BCUT2D eigenvalue weighted by molar-refractivity contribution is -0.119. The third-order valence-electron chi connectivity index (χ3n) is 12.3. The fourth-order valence-electron chi connectivity index (χ4n) is 8.20. The molecular weight excluding hydrogens is 1010 g/mol. The molecule has 1 aliphatic rings. The lowest BCUT2D eigenvalue weighted by Gasteiger charge is -2.17. The van der Waals surface area contributed by atoms with Gasteiger partial charge in [0.05, 0.1) is 49.1 Å². The molecule has 0 bridgehead atoms. The number of para-hydroxylation sites is 1. The summed E-state index contributed by atoms with van der Waals surface area (Å²) in [5.74, 6) is 0.625. The van der Waals surface area contributed by atoms with Crippen molar-refractivity contribution >= 4 is 80.2 Å². The van der Waals surface area contributed by atoms with Crippen LogP contribution in [0.1, 0.15) is 111 Å². The van der Waals surface area contributed by atoms with Gasteiger partial charge in [0.15, 0.2) is 0 Å². The zero-order valence-corrected chi connectivity index (χ0v) is 45.9. The molecule has 0 saturated heterocycles. The molecule has 0 radical (unpaired) electrons. The molecule has 0 fully saturated rings. The van der Waals surface area contributed by atoms with Crippen molar-refractivity contribution < 1.29 is 32.8 Å². The molecule has 6 aromatic rings. The first-order valence-corrected chi connectivity index (χ1v) is 27.4. The van der Waals surface area contributed by atoms with E-state index >= 15 is 0 Å². The molecule has 4 aromatic carbocycles. The van der Waals surface area contributed by atoms with Gasteiger partial charge in [-0.05, 0) is 170 Å². The number of thiophene rings is 1. The summed E-state index contributed by atoms with van der Waals surface area (Å²) in [5.41, 5.74) is 8.86. The van der Waals surface area contributed by atoms with Gasteiger partial charge >= 0.3 is 7.60 Å². The van der Waals surface area contributed by atoms with Gasteiger partial charge in [-0.3, -0.25) is 28.7 Å². The zero-order chi connectivity index (χ0) is 52.8. The summed E-state index contributed by atoms with van der Waals surface area (Å²) >= 11 is 7.70. The highest BCUT2D eigenvalue weighted by atomic mass is 35.5. The van der Waals surface area contributed by atoms with Crippen LogP contribution >= 0.6 is 30.5 Å². The lowest BCUT2D eigenvalue weighted by atomic mass is 9.98. The van der Waals surface area contributed by atoms with Crippen LogP contribution in [0.4, 0.5) is 0 Å². The second-order valence-corrected chi connectivity index (χ2v) is 20.9. The number of nitrogens with zero attached hydrogens (tertiary/aromatic N) is 1. The molecule has 1 aliphatic carbocycles. The molecule has 2 aromatic heterocycles.